The highest BCUT2D eigenvalue weighted by Gasteiger charge is 2.39. The predicted molar refractivity (Wildman–Crippen MR) is 144 cm³/mol. The number of benzene rings is 3. The van der Waals surface area contributed by atoms with Crippen molar-refractivity contribution in [1.82, 2.24) is 5.32 Å². The van der Waals surface area contributed by atoms with Crippen LogP contribution in [-0.2, 0) is 43.4 Å². The molecule has 1 N–H and O–H groups in total. The van der Waals surface area contributed by atoms with Gasteiger partial charge in [-0.2, -0.15) is 0 Å². The highest BCUT2D eigenvalue weighted by atomic mass is 16.6. The van der Waals surface area contributed by atoms with Gasteiger partial charge in [0.05, 0.1) is 6.04 Å². The average molecular weight is 518 g/mol. The van der Waals surface area contributed by atoms with E-state index in [-0.39, 0.29) is 19.6 Å². The van der Waals surface area contributed by atoms with E-state index in [4.69, 9.17) is 14.2 Å². The lowest BCUT2D eigenvalue weighted by atomic mass is 9.93. The van der Waals surface area contributed by atoms with E-state index in [1.54, 1.807) is 20.8 Å². The Bertz CT molecular complexity index is 1100. The highest BCUT2D eigenvalue weighted by Crippen LogP contribution is 2.19. The second kappa shape index (κ2) is 14.0. The summed E-state index contributed by atoms with van der Waals surface area (Å²) in [4.78, 5) is 39.5. The summed E-state index contributed by atoms with van der Waals surface area (Å²) < 4.78 is 16.5. The van der Waals surface area contributed by atoms with E-state index in [1.165, 1.54) is 0 Å². The van der Waals surface area contributed by atoms with Crippen LogP contribution in [0, 0.1) is 5.92 Å². The molecule has 0 aliphatic carbocycles. The lowest BCUT2D eigenvalue weighted by Gasteiger charge is -2.27. The van der Waals surface area contributed by atoms with E-state index >= 15 is 0 Å². The average Bonchev–Trinajstić information content (AvgIpc) is 2.90. The highest BCUT2D eigenvalue weighted by molar-refractivity contribution is 5.96. The molecule has 7 heteroatoms. The van der Waals surface area contributed by atoms with Crippen LogP contribution in [0.4, 0.5) is 4.79 Å². The van der Waals surface area contributed by atoms with Crippen LogP contribution < -0.4 is 5.32 Å². The number of alkyl carbamates (subject to hydrolysis) is 1. The fraction of sp³-hybridized carbons (Fsp3) is 0.323. The SMILES string of the molecule is CC(C)(C)OC(=O)N[C@@H](CCc1ccccc1)C(C(=O)OCc1ccccc1)C(=O)OCc1ccccc1. The number of amides is 1. The topological polar surface area (TPSA) is 90.9 Å². The van der Waals surface area contributed by atoms with E-state index in [1.807, 2.05) is 91.0 Å². The molecule has 1 atom stereocenters. The van der Waals surface area contributed by atoms with Gasteiger partial charge in [0.25, 0.3) is 0 Å². The summed E-state index contributed by atoms with van der Waals surface area (Å²) in [6, 6.07) is 27.0. The van der Waals surface area contributed by atoms with Gasteiger partial charge in [0.2, 0.25) is 0 Å². The first-order chi connectivity index (χ1) is 18.2. The number of ether oxygens (including phenoxy) is 3. The number of nitrogens with one attached hydrogen (secondary N) is 1. The minimum Gasteiger partial charge on any atom is -0.460 e. The van der Waals surface area contributed by atoms with Crippen LogP contribution >= 0.6 is 0 Å². The van der Waals surface area contributed by atoms with Crippen molar-refractivity contribution < 1.29 is 28.6 Å². The van der Waals surface area contributed by atoms with Gasteiger partial charge in [0.1, 0.15) is 18.8 Å². The van der Waals surface area contributed by atoms with Gasteiger partial charge in [-0.3, -0.25) is 9.59 Å². The molecule has 3 rings (SSSR count). The second-order valence-electron chi connectivity index (χ2n) is 9.94. The maximum absolute atomic E-state index is 13.4. The van der Waals surface area contributed by atoms with Crippen molar-refractivity contribution in [2.24, 2.45) is 5.92 Å². The third-order valence-corrected chi connectivity index (χ3v) is 5.65. The number of aryl methyl sites for hydroxylation is 1. The second-order valence-corrected chi connectivity index (χ2v) is 9.94. The standard InChI is InChI=1S/C31H35NO6/c1-31(2,3)38-30(35)32-26(20-19-23-13-7-4-8-14-23)27(28(33)36-21-24-15-9-5-10-16-24)29(34)37-22-25-17-11-6-12-18-25/h4-18,26-27H,19-22H2,1-3H3,(H,32,35)/t26-/m0/s1. The molecule has 0 aromatic heterocycles. The van der Waals surface area contributed by atoms with Crippen LogP contribution in [0.3, 0.4) is 0 Å². The molecule has 38 heavy (non-hydrogen) atoms. The Morgan fingerprint density at radius 3 is 1.53 bits per heavy atom. The zero-order valence-corrected chi connectivity index (χ0v) is 22.1. The summed E-state index contributed by atoms with van der Waals surface area (Å²) in [5.74, 6) is -2.94. The number of rotatable bonds is 11. The Labute approximate surface area is 224 Å². The maximum atomic E-state index is 13.4. The quantitative estimate of drug-likeness (QED) is 0.202. The monoisotopic (exact) mass is 517 g/mol. The molecule has 0 saturated carbocycles. The number of carbonyl (C=O) groups excluding carboxylic acids is 3. The molecule has 7 nitrogen and oxygen atoms in total. The first-order valence-electron chi connectivity index (χ1n) is 12.7. The predicted octanol–water partition coefficient (Wildman–Crippen LogP) is 5.62. The molecule has 0 unspecified atom stereocenters. The third kappa shape index (κ3) is 9.73. The van der Waals surface area contributed by atoms with Crippen LogP contribution in [-0.4, -0.2) is 29.7 Å². The van der Waals surface area contributed by atoms with E-state index < -0.39 is 35.6 Å². The van der Waals surface area contributed by atoms with Crippen LogP contribution in [0.1, 0.15) is 43.9 Å². The minimum absolute atomic E-state index is 0.0139. The van der Waals surface area contributed by atoms with Gasteiger partial charge >= 0.3 is 18.0 Å². The molecule has 0 heterocycles. The molecule has 0 bridgehead atoms. The molecule has 3 aromatic rings. The van der Waals surface area contributed by atoms with Gasteiger partial charge in [-0.1, -0.05) is 91.0 Å². The van der Waals surface area contributed by atoms with Crippen LogP contribution in [0.5, 0.6) is 0 Å². The third-order valence-electron chi connectivity index (χ3n) is 5.65. The van der Waals surface area contributed by atoms with Crippen molar-refractivity contribution in [3.05, 3.63) is 108 Å². The molecular weight excluding hydrogens is 482 g/mol. The van der Waals surface area contributed by atoms with Crippen LogP contribution in [0.2, 0.25) is 0 Å². The largest absolute Gasteiger partial charge is 0.460 e. The Morgan fingerprint density at radius 2 is 1.11 bits per heavy atom. The molecule has 0 aliphatic rings. The van der Waals surface area contributed by atoms with E-state index in [0.29, 0.717) is 6.42 Å². The smallest absolute Gasteiger partial charge is 0.407 e. The van der Waals surface area contributed by atoms with Crippen molar-refractivity contribution >= 4 is 18.0 Å². The van der Waals surface area contributed by atoms with Crippen LogP contribution in [0.25, 0.3) is 0 Å². The van der Waals surface area contributed by atoms with Crippen molar-refractivity contribution in [3.63, 3.8) is 0 Å². The summed E-state index contributed by atoms with van der Waals surface area (Å²) in [5, 5.41) is 2.74. The Hall–Kier alpha value is -4.13. The summed E-state index contributed by atoms with van der Waals surface area (Å²) in [7, 11) is 0. The molecule has 0 fully saturated rings. The normalized spacial score (nSPS) is 11.9. The molecule has 200 valence electrons. The first kappa shape index (κ1) is 28.4. The summed E-state index contributed by atoms with van der Waals surface area (Å²) in [6.45, 7) is 5.20. The minimum atomic E-state index is -1.39. The number of hydrogen-bond donors (Lipinski definition) is 1. The summed E-state index contributed by atoms with van der Waals surface area (Å²) in [5.41, 5.74) is 1.79. The molecule has 0 spiro atoms. The van der Waals surface area contributed by atoms with Gasteiger partial charge in [0.15, 0.2) is 5.92 Å². The lowest BCUT2D eigenvalue weighted by molar-refractivity contribution is -0.165. The molecule has 0 saturated heterocycles. The molecule has 0 aliphatic heterocycles. The fourth-order valence-electron chi connectivity index (χ4n) is 3.81. The van der Waals surface area contributed by atoms with E-state index in [0.717, 1.165) is 16.7 Å². The molecular formula is C31H35NO6. The lowest BCUT2D eigenvalue weighted by Crippen LogP contribution is -2.49. The zero-order chi connectivity index (χ0) is 27.4. The summed E-state index contributed by atoms with van der Waals surface area (Å²) >= 11 is 0. The number of carbonyl (C=O) groups is 3. The zero-order valence-electron chi connectivity index (χ0n) is 22.1. The Balaban J connectivity index is 1.83. The van der Waals surface area contributed by atoms with Crippen LogP contribution in [0.15, 0.2) is 91.0 Å². The van der Waals surface area contributed by atoms with Crippen molar-refractivity contribution in [2.45, 2.75) is 58.5 Å². The van der Waals surface area contributed by atoms with Gasteiger partial charge in [0, 0.05) is 0 Å². The maximum Gasteiger partial charge on any atom is 0.407 e. The van der Waals surface area contributed by atoms with Crippen molar-refractivity contribution in [3.8, 4) is 0 Å². The van der Waals surface area contributed by atoms with E-state index in [9.17, 15) is 14.4 Å². The molecule has 3 aromatic carbocycles. The molecule has 1 amide bonds. The number of hydrogen-bond acceptors (Lipinski definition) is 6. The van der Waals surface area contributed by atoms with Crippen molar-refractivity contribution in [2.75, 3.05) is 0 Å². The Morgan fingerprint density at radius 1 is 0.684 bits per heavy atom. The first-order valence-corrected chi connectivity index (χ1v) is 12.7. The summed E-state index contributed by atoms with van der Waals surface area (Å²) in [6.07, 6.45) is 0.0668. The fourth-order valence-corrected chi connectivity index (χ4v) is 3.81. The van der Waals surface area contributed by atoms with E-state index in [2.05, 4.69) is 5.32 Å². The van der Waals surface area contributed by atoms with Crippen molar-refractivity contribution in [1.29, 1.82) is 0 Å². The van der Waals surface area contributed by atoms with Gasteiger partial charge < -0.3 is 19.5 Å². The molecule has 0 radical (unpaired) electrons. The van der Waals surface area contributed by atoms with Gasteiger partial charge in [-0.15, -0.1) is 0 Å². The Kier molecular flexibility index (Phi) is 10.5. The number of esters is 2. The van der Waals surface area contributed by atoms with Gasteiger partial charge in [-0.25, -0.2) is 4.79 Å². The van der Waals surface area contributed by atoms with Gasteiger partial charge in [-0.05, 0) is 50.3 Å².